The first kappa shape index (κ1) is 20.8. The van der Waals surface area contributed by atoms with E-state index in [9.17, 15) is 0 Å². The van der Waals surface area contributed by atoms with Gasteiger partial charge in [-0.05, 0) is 138 Å². The van der Waals surface area contributed by atoms with Crippen LogP contribution in [0, 0.1) is 0 Å². The van der Waals surface area contributed by atoms with Crippen molar-refractivity contribution in [1.82, 2.24) is 0 Å². The summed E-state index contributed by atoms with van der Waals surface area (Å²) >= 11 is 30.0. The van der Waals surface area contributed by atoms with Crippen molar-refractivity contribution in [3.05, 3.63) is 60.0 Å². The van der Waals surface area contributed by atoms with Gasteiger partial charge in [0, 0.05) is 57.3 Å². The molecule has 4 aromatic carbocycles. The van der Waals surface area contributed by atoms with Gasteiger partial charge in [-0.1, -0.05) is 24.3 Å². The van der Waals surface area contributed by atoms with E-state index < -0.39 is 0 Å². The van der Waals surface area contributed by atoms with Crippen molar-refractivity contribution in [3.8, 4) is 0 Å². The van der Waals surface area contributed by atoms with Crippen molar-refractivity contribution in [3.63, 3.8) is 0 Å². The van der Waals surface area contributed by atoms with Crippen molar-refractivity contribution in [2.24, 2.45) is 0 Å². The molecule has 0 spiro atoms. The molecule has 4 aromatic rings. The molecule has 0 N–H and O–H groups in total. The van der Waals surface area contributed by atoms with Gasteiger partial charge in [0.1, 0.15) is 0 Å². The molecular weight excluding hydrogens is 855 g/mol. The zero-order valence-electron chi connectivity index (χ0n) is 12.3. The monoisotopic (exact) mass is 851 g/mol. The summed E-state index contributed by atoms with van der Waals surface area (Å²) in [7, 11) is 0. The Labute approximate surface area is 216 Å². The molecule has 26 heavy (non-hydrogen) atoms. The van der Waals surface area contributed by atoms with Crippen LogP contribution in [-0.2, 0) is 0 Å². The van der Waals surface area contributed by atoms with Gasteiger partial charge >= 0.3 is 0 Å². The van der Waals surface area contributed by atoms with E-state index in [4.69, 9.17) is 0 Å². The predicted molar refractivity (Wildman–Crippen MR) is 141 cm³/mol. The highest BCUT2D eigenvalue weighted by Crippen LogP contribution is 2.54. The van der Waals surface area contributed by atoms with Gasteiger partial charge in [0.2, 0.25) is 0 Å². The summed E-state index contributed by atoms with van der Waals surface area (Å²) in [6.07, 6.45) is 0. The molecule has 0 radical (unpaired) electrons. The van der Waals surface area contributed by atoms with Crippen LogP contribution in [0.3, 0.4) is 0 Å². The fraction of sp³-hybridized carbons (Fsp3) is 0. The van der Waals surface area contributed by atoms with Gasteiger partial charge in [0.05, 0.1) is 0 Å². The van der Waals surface area contributed by atoms with Crippen LogP contribution in [0.5, 0.6) is 0 Å². The molecule has 8 heteroatoms. The molecule has 4 rings (SSSR count). The maximum Gasteiger partial charge on any atom is 0.0477 e. The molecule has 0 unspecified atom stereocenters. The molecule has 0 aliphatic carbocycles. The molecule has 0 saturated carbocycles. The van der Waals surface area contributed by atoms with E-state index in [2.05, 4.69) is 152 Å². The normalized spacial score (nSPS) is 11.8. The number of hydrogen-bond acceptors (Lipinski definition) is 0. The zero-order chi connectivity index (χ0) is 18.9. The average molecular weight is 859 g/mol. The van der Waals surface area contributed by atoms with E-state index in [-0.39, 0.29) is 0 Å². The summed E-state index contributed by atoms with van der Waals surface area (Å²) in [6.45, 7) is 0. The molecule has 0 heterocycles. The number of halogens is 8. The van der Waals surface area contributed by atoms with Gasteiger partial charge < -0.3 is 0 Å². The third-order valence-electron chi connectivity index (χ3n) is 4.25. The Morgan fingerprint density at radius 2 is 0.615 bits per heavy atom. The third kappa shape index (κ3) is 2.91. The minimum absolute atomic E-state index is 0.968. The minimum Gasteiger partial charge on any atom is -0.0616 e. The Hall–Kier alpha value is 1.50. The zero-order valence-corrected chi connectivity index (χ0v) is 25.0. The SMILES string of the molecule is Brc1c(Br)c(Br)c2c(c1Br)c1ccccc1c1c(Br)c(Br)c(Br)c(Br)c12. The molecule has 0 aliphatic heterocycles. The summed E-state index contributed by atoms with van der Waals surface area (Å²) in [5.74, 6) is 0. The van der Waals surface area contributed by atoms with Crippen molar-refractivity contribution < 1.29 is 0 Å². The van der Waals surface area contributed by atoms with E-state index in [1.54, 1.807) is 0 Å². The van der Waals surface area contributed by atoms with Crippen molar-refractivity contribution in [2.75, 3.05) is 0 Å². The first-order chi connectivity index (χ1) is 12.3. The van der Waals surface area contributed by atoms with Gasteiger partial charge in [-0.3, -0.25) is 0 Å². The molecule has 0 fully saturated rings. The lowest BCUT2D eigenvalue weighted by Crippen LogP contribution is -1.92. The van der Waals surface area contributed by atoms with Crippen LogP contribution in [0.15, 0.2) is 60.0 Å². The molecule has 0 atom stereocenters. The van der Waals surface area contributed by atoms with E-state index >= 15 is 0 Å². The molecule has 0 saturated heterocycles. The predicted octanol–water partition coefficient (Wildman–Crippen LogP) is 11.2. The van der Waals surface area contributed by atoms with Crippen LogP contribution in [0.2, 0.25) is 0 Å². The highest BCUT2D eigenvalue weighted by atomic mass is 79.9. The Balaban J connectivity index is 2.57. The van der Waals surface area contributed by atoms with Gasteiger partial charge in [0.25, 0.3) is 0 Å². The number of fused-ring (bicyclic) bond motifs is 6. The lowest BCUT2D eigenvalue weighted by molar-refractivity contribution is 1.55. The fourth-order valence-corrected chi connectivity index (χ4v) is 8.22. The quantitative estimate of drug-likeness (QED) is 0.0939. The molecule has 0 aliphatic rings. The maximum absolute atomic E-state index is 3.81. The van der Waals surface area contributed by atoms with Gasteiger partial charge in [-0.25, -0.2) is 0 Å². The van der Waals surface area contributed by atoms with Gasteiger partial charge in [-0.15, -0.1) is 0 Å². The van der Waals surface area contributed by atoms with Crippen molar-refractivity contribution in [2.45, 2.75) is 0 Å². The molecule has 0 amide bonds. The first-order valence-corrected chi connectivity index (χ1v) is 13.4. The molecule has 132 valence electrons. The van der Waals surface area contributed by atoms with E-state index in [1.807, 2.05) is 0 Å². The molecule has 0 aromatic heterocycles. The third-order valence-corrected chi connectivity index (χ3v) is 13.8. The van der Waals surface area contributed by atoms with Crippen LogP contribution < -0.4 is 0 Å². The van der Waals surface area contributed by atoms with E-state index in [0.717, 1.165) is 57.3 Å². The summed E-state index contributed by atoms with van der Waals surface area (Å²) < 4.78 is 7.93. The van der Waals surface area contributed by atoms with E-state index in [1.165, 1.54) is 10.8 Å². The number of benzene rings is 4. The fourth-order valence-electron chi connectivity index (χ4n) is 3.16. The standard InChI is InChI=1S/C18H4Br8/c19-11-7-5-3-1-2-4-6(5)8-10(9(7)13(21)17(25)15(11)23)14(22)18(26)16(24)12(8)20/h1-4H. The van der Waals surface area contributed by atoms with Crippen LogP contribution in [0.1, 0.15) is 0 Å². The van der Waals surface area contributed by atoms with E-state index in [0.29, 0.717) is 0 Å². The summed E-state index contributed by atoms with van der Waals surface area (Å²) in [4.78, 5) is 0. The van der Waals surface area contributed by atoms with Crippen LogP contribution >= 0.6 is 127 Å². The Kier molecular flexibility index (Phi) is 6.10. The highest BCUT2D eigenvalue weighted by Gasteiger charge is 2.24. The average Bonchev–Trinajstić information content (AvgIpc) is 2.65. The summed E-state index contributed by atoms with van der Waals surface area (Å²) in [5.41, 5.74) is 0. The van der Waals surface area contributed by atoms with Crippen LogP contribution in [0.25, 0.3) is 32.3 Å². The Morgan fingerprint density at radius 1 is 0.346 bits per heavy atom. The van der Waals surface area contributed by atoms with Crippen LogP contribution in [0.4, 0.5) is 0 Å². The maximum atomic E-state index is 3.81. The smallest absolute Gasteiger partial charge is 0.0477 e. The topological polar surface area (TPSA) is 0 Å². The Morgan fingerprint density at radius 3 is 0.923 bits per heavy atom. The lowest BCUT2D eigenvalue weighted by Gasteiger charge is -2.19. The van der Waals surface area contributed by atoms with Crippen LogP contribution in [-0.4, -0.2) is 0 Å². The second kappa shape index (κ2) is 7.64. The Bertz CT molecular complexity index is 1160. The minimum atomic E-state index is 0.968. The second-order valence-corrected chi connectivity index (χ2v) is 11.9. The van der Waals surface area contributed by atoms with Gasteiger partial charge in [0.15, 0.2) is 0 Å². The number of rotatable bonds is 0. The van der Waals surface area contributed by atoms with Crippen molar-refractivity contribution in [1.29, 1.82) is 0 Å². The summed E-state index contributed by atoms with van der Waals surface area (Å²) in [6, 6.07) is 8.46. The lowest BCUT2D eigenvalue weighted by atomic mass is 9.94. The summed E-state index contributed by atoms with van der Waals surface area (Å²) in [5, 5.41) is 6.91. The molecule has 0 nitrogen and oxygen atoms in total. The first-order valence-electron chi connectivity index (χ1n) is 7.09. The largest absolute Gasteiger partial charge is 0.0616 e. The van der Waals surface area contributed by atoms with Gasteiger partial charge in [-0.2, -0.15) is 0 Å². The molecule has 0 bridgehead atoms. The highest BCUT2D eigenvalue weighted by molar-refractivity contribution is 9.16. The number of hydrogen-bond donors (Lipinski definition) is 0. The second-order valence-electron chi connectivity index (χ2n) is 5.56. The molecular formula is C18H4Br8. The van der Waals surface area contributed by atoms with Crippen molar-refractivity contribution >= 4 is 160 Å².